The van der Waals surface area contributed by atoms with Crippen molar-refractivity contribution in [2.45, 2.75) is 56.7 Å². The van der Waals surface area contributed by atoms with Gasteiger partial charge < -0.3 is 19.3 Å². The van der Waals surface area contributed by atoms with Gasteiger partial charge in [-0.1, -0.05) is 0 Å². The van der Waals surface area contributed by atoms with E-state index in [1.54, 1.807) is 0 Å². The van der Waals surface area contributed by atoms with Crippen LogP contribution in [0.4, 0.5) is 23.2 Å². The molecule has 1 saturated heterocycles. The van der Waals surface area contributed by atoms with Crippen molar-refractivity contribution in [3.05, 3.63) is 53.7 Å². The molecule has 1 aromatic carbocycles. The molecule has 0 radical (unpaired) electrons. The Morgan fingerprint density at radius 3 is 2.75 bits per heavy atom. The van der Waals surface area contributed by atoms with E-state index in [4.69, 9.17) is 14.0 Å². The number of amides is 1. The Balaban J connectivity index is 1.47. The van der Waals surface area contributed by atoms with Crippen molar-refractivity contribution < 1.29 is 36.4 Å². The van der Waals surface area contributed by atoms with Crippen molar-refractivity contribution in [2.24, 2.45) is 0 Å². The van der Waals surface area contributed by atoms with E-state index in [1.165, 1.54) is 13.0 Å². The smallest absolute Gasteiger partial charge is 0.294 e. The van der Waals surface area contributed by atoms with Crippen LogP contribution in [0, 0.1) is 11.6 Å². The number of ether oxygens (including phenoxy) is 2. The molecule has 1 amide bonds. The third kappa shape index (κ3) is 5.03. The van der Waals surface area contributed by atoms with Gasteiger partial charge in [-0.3, -0.25) is 4.79 Å². The molecule has 2 fully saturated rings. The van der Waals surface area contributed by atoms with Gasteiger partial charge in [0, 0.05) is 18.4 Å². The van der Waals surface area contributed by atoms with Gasteiger partial charge in [-0.25, -0.2) is 27.5 Å². The van der Waals surface area contributed by atoms with Crippen LogP contribution in [0.1, 0.15) is 55.0 Å². The van der Waals surface area contributed by atoms with Crippen LogP contribution < -0.4 is 10.1 Å². The summed E-state index contributed by atoms with van der Waals surface area (Å²) in [6, 6.07) is 4.06. The molecule has 0 spiro atoms. The number of carbonyl (C=O) groups is 1. The van der Waals surface area contributed by atoms with E-state index in [0.717, 1.165) is 24.5 Å². The van der Waals surface area contributed by atoms with Crippen LogP contribution in [0.5, 0.6) is 5.88 Å². The normalized spacial score (nSPS) is 25.8. The Morgan fingerprint density at radius 2 is 2.03 bits per heavy atom. The van der Waals surface area contributed by atoms with Crippen molar-refractivity contribution in [2.75, 3.05) is 11.9 Å². The average molecular weight is 506 g/mol. The van der Waals surface area contributed by atoms with E-state index >= 15 is 0 Å². The number of hydrogen-bond acceptors (Lipinski definition) is 7. The lowest BCUT2D eigenvalue weighted by molar-refractivity contribution is -0.0726. The first kappa shape index (κ1) is 24.2. The molecule has 190 valence electrons. The average Bonchev–Trinajstić information content (AvgIpc) is 3.29. The van der Waals surface area contributed by atoms with E-state index in [2.05, 4.69) is 20.4 Å². The van der Waals surface area contributed by atoms with Gasteiger partial charge in [0.25, 0.3) is 11.8 Å². The fourth-order valence-electron chi connectivity index (χ4n) is 4.09. The van der Waals surface area contributed by atoms with Crippen LogP contribution in [-0.4, -0.2) is 45.6 Å². The molecule has 1 saturated carbocycles. The van der Waals surface area contributed by atoms with E-state index in [9.17, 15) is 22.4 Å². The minimum absolute atomic E-state index is 0.0100. The molecule has 8 nitrogen and oxygen atoms in total. The maximum absolute atomic E-state index is 14.7. The van der Waals surface area contributed by atoms with Crippen LogP contribution in [0.2, 0.25) is 0 Å². The molecule has 5 rings (SSSR count). The third-order valence-corrected chi connectivity index (χ3v) is 6.15. The second-order valence-corrected chi connectivity index (χ2v) is 9.15. The molecule has 2 aliphatic rings. The number of nitrogens with one attached hydrogen (secondary N) is 1. The predicted octanol–water partition coefficient (Wildman–Crippen LogP) is 5.12. The van der Waals surface area contributed by atoms with Gasteiger partial charge >= 0.3 is 0 Å². The molecule has 2 aromatic heterocycles. The van der Waals surface area contributed by atoms with Gasteiger partial charge in [-0.2, -0.15) is 0 Å². The molecule has 1 aliphatic heterocycles. The maximum Gasteiger partial charge on any atom is 0.294 e. The van der Waals surface area contributed by atoms with Crippen LogP contribution in [0.25, 0.3) is 11.3 Å². The zero-order valence-corrected chi connectivity index (χ0v) is 19.1. The van der Waals surface area contributed by atoms with Crippen molar-refractivity contribution in [1.29, 1.82) is 0 Å². The molecule has 3 aromatic rings. The van der Waals surface area contributed by atoms with E-state index in [0.29, 0.717) is 0 Å². The van der Waals surface area contributed by atoms with E-state index in [-0.39, 0.29) is 72.7 Å². The molecular weight excluding hydrogens is 484 g/mol. The lowest BCUT2D eigenvalue weighted by Gasteiger charge is -2.32. The summed E-state index contributed by atoms with van der Waals surface area (Å²) in [6.07, 6.45) is -0.0422. The second-order valence-electron chi connectivity index (χ2n) is 9.15. The lowest BCUT2D eigenvalue weighted by atomic mass is 9.94. The van der Waals surface area contributed by atoms with Crippen LogP contribution in [-0.2, 0) is 4.74 Å². The Hall–Kier alpha value is -3.54. The van der Waals surface area contributed by atoms with Gasteiger partial charge in [0.05, 0.1) is 24.1 Å². The summed E-state index contributed by atoms with van der Waals surface area (Å²) < 4.78 is 72.2. The number of anilines is 1. The Labute approximate surface area is 203 Å². The summed E-state index contributed by atoms with van der Waals surface area (Å²) in [5.41, 5.74) is -1.71. The molecule has 2 atom stereocenters. The predicted molar refractivity (Wildman–Crippen MR) is 118 cm³/mol. The van der Waals surface area contributed by atoms with Gasteiger partial charge in [-0.15, -0.1) is 0 Å². The molecule has 1 aliphatic carbocycles. The summed E-state index contributed by atoms with van der Waals surface area (Å²) in [7, 11) is 0. The fraction of sp³-hybridized carbons (Fsp3) is 0.417. The highest BCUT2D eigenvalue weighted by Gasteiger charge is 2.35. The summed E-state index contributed by atoms with van der Waals surface area (Å²) in [6.45, 7) is 1.21. The molecule has 1 N–H and O–H groups in total. The van der Waals surface area contributed by atoms with Crippen LogP contribution >= 0.6 is 0 Å². The number of benzene rings is 1. The van der Waals surface area contributed by atoms with Crippen molar-refractivity contribution in [1.82, 2.24) is 15.1 Å². The summed E-state index contributed by atoms with van der Waals surface area (Å²) in [5.74, 6) is -2.53. The number of rotatable bonds is 6. The highest BCUT2D eigenvalue weighted by molar-refractivity contribution is 6.04. The first-order valence-corrected chi connectivity index (χ1v) is 11.4. The standard InChI is InChI=1S/C24H22F4N4O4/c1-24(28)5-4-17(34-10-24)21-22(20(29-11-30-21)15-8-12(25)2-3-16(15)27)31-23(33)18-9-19(32-36-18)35-14-6-13(26)7-14/h2-3,8-9,11,13-14,17H,4-7,10H2,1H3,(H,31,33). The number of alkyl halides is 2. The zero-order chi connectivity index (χ0) is 25.4. The Bertz CT molecular complexity index is 1270. The number of halogens is 4. The van der Waals surface area contributed by atoms with E-state index < -0.39 is 35.5 Å². The lowest BCUT2D eigenvalue weighted by Crippen LogP contribution is -2.34. The molecule has 0 bridgehead atoms. The Kier molecular flexibility index (Phi) is 6.37. The quantitative estimate of drug-likeness (QED) is 0.463. The van der Waals surface area contributed by atoms with Gasteiger partial charge in [-0.05, 0) is 43.1 Å². The Morgan fingerprint density at radius 1 is 1.22 bits per heavy atom. The highest BCUT2D eigenvalue weighted by atomic mass is 19.1. The number of hydrogen-bond donors (Lipinski definition) is 1. The molecular formula is C24H22F4N4O4. The first-order valence-electron chi connectivity index (χ1n) is 11.4. The largest absolute Gasteiger partial charge is 0.472 e. The fourth-order valence-corrected chi connectivity index (χ4v) is 4.09. The van der Waals surface area contributed by atoms with Crippen LogP contribution in [0.3, 0.4) is 0 Å². The zero-order valence-electron chi connectivity index (χ0n) is 19.1. The maximum atomic E-state index is 14.7. The van der Waals surface area contributed by atoms with Crippen molar-refractivity contribution in [3.8, 4) is 17.1 Å². The van der Waals surface area contributed by atoms with Crippen LogP contribution in [0.15, 0.2) is 35.1 Å². The minimum atomic E-state index is -1.52. The van der Waals surface area contributed by atoms with Gasteiger partial charge in [0.2, 0.25) is 5.76 Å². The van der Waals surface area contributed by atoms with Crippen molar-refractivity contribution in [3.63, 3.8) is 0 Å². The topological polar surface area (TPSA) is 99.4 Å². The monoisotopic (exact) mass is 506 g/mol. The SMILES string of the molecule is CC1(F)CCC(c2ncnc(-c3cc(F)ccc3F)c2NC(=O)c2cc(OC3CC(F)C3)no2)OC1. The van der Waals surface area contributed by atoms with Crippen molar-refractivity contribution >= 4 is 11.6 Å². The summed E-state index contributed by atoms with van der Waals surface area (Å²) >= 11 is 0. The third-order valence-electron chi connectivity index (χ3n) is 6.15. The summed E-state index contributed by atoms with van der Waals surface area (Å²) in [4.78, 5) is 21.3. The number of carbonyl (C=O) groups excluding carboxylic acids is 1. The second kappa shape index (κ2) is 9.49. The highest BCUT2D eigenvalue weighted by Crippen LogP contribution is 2.40. The molecule has 3 heterocycles. The minimum Gasteiger partial charge on any atom is -0.472 e. The van der Waals surface area contributed by atoms with Gasteiger partial charge in [0.15, 0.2) is 0 Å². The number of aromatic nitrogens is 3. The molecule has 12 heteroatoms. The summed E-state index contributed by atoms with van der Waals surface area (Å²) in [5, 5.41) is 6.26. The number of nitrogens with zero attached hydrogens (tertiary/aromatic N) is 3. The first-order chi connectivity index (χ1) is 17.2. The van der Waals surface area contributed by atoms with E-state index in [1.807, 2.05) is 0 Å². The molecule has 36 heavy (non-hydrogen) atoms. The van der Waals surface area contributed by atoms with Gasteiger partial charge in [0.1, 0.15) is 47.7 Å². The molecule has 2 unspecified atom stereocenters.